The minimum atomic E-state index is -0.175. The number of hydrogen-bond donors (Lipinski definition) is 1. The summed E-state index contributed by atoms with van der Waals surface area (Å²) >= 11 is 4.73. The Kier molecular flexibility index (Phi) is 6.19. The lowest BCUT2D eigenvalue weighted by Crippen LogP contribution is -2.35. The van der Waals surface area contributed by atoms with Crippen LogP contribution < -0.4 is 5.32 Å². The quantitative estimate of drug-likeness (QED) is 0.757. The highest BCUT2D eigenvalue weighted by Gasteiger charge is 2.24. The molecule has 1 aromatic carbocycles. The number of hydrogen-bond acceptors (Lipinski definition) is 6. The molecule has 0 unspecified atom stereocenters. The molecule has 0 radical (unpaired) electrons. The fourth-order valence-electron chi connectivity index (χ4n) is 2.82. The first-order chi connectivity index (χ1) is 11.7. The number of fused-ring (bicyclic) bond motifs is 1. The molecule has 1 N–H and O–H groups in total. The number of aryl methyl sites for hydroxylation is 1. The maximum atomic E-state index is 12.6. The number of benzene rings is 1. The maximum absolute atomic E-state index is 12.6. The highest BCUT2D eigenvalue weighted by atomic mass is 32.2. The van der Waals surface area contributed by atoms with E-state index in [0.29, 0.717) is 0 Å². The SMILES string of the molecule is CCSc1nnc(S[C@H](C)C(=O)N[C@H]2CCCc3ccccc32)s1. The number of carbonyl (C=O) groups is 1. The molecule has 0 fully saturated rings. The van der Waals surface area contributed by atoms with Gasteiger partial charge in [0.15, 0.2) is 8.68 Å². The van der Waals surface area contributed by atoms with Gasteiger partial charge in [0, 0.05) is 0 Å². The third-order valence-electron chi connectivity index (χ3n) is 3.99. The minimum absolute atomic E-state index is 0.0709. The summed E-state index contributed by atoms with van der Waals surface area (Å²) in [6.07, 6.45) is 3.24. The van der Waals surface area contributed by atoms with Gasteiger partial charge in [-0.2, -0.15) is 0 Å². The van der Waals surface area contributed by atoms with Crippen LogP contribution in [0.5, 0.6) is 0 Å². The second kappa shape index (κ2) is 8.36. The highest BCUT2D eigenvalue weighted by Crippen LogP contribution is 2.33. The average molecular weight is 380 g/mol. The van der Waals surface area contributed by atoms with Crippen molar-refractivity contribution in [3.05, 3.63) is 35.4 Å². The van der Waals surface area contributed by atoms with Crippen LogP contribution in [0.2, 0.25) is 0 Å². The lowest BCUT2D eigenvalue weighted by molar-refractivity contribution is -0.121. The Morgan fingerprint density at radius 3 is 3.00 bits per heavy atom. The Morgan fingerprint density at radius 2 is 2.17 bits per heavy atom. The van der Waals surface area contributed by atoms with Crippen LogP contribution in [0, 0.1) is 0 Å². The van der Waals surface area contributed by atoms with Crippen LogP contribution in [0.3, 0.4) is 0 Å². The van der Waals surface area contributed by atoms with E-state index in [4.69, 9.17) is 0 Å². The molecule has 0 saturated carbocycles. The molecule has 1 amide bonds. The summed E-state index contributed by atoms with van der Waals surface area (Å²) in [6, 6.07) is 8.56. The fraction of sp³-hybridized carbons (Fsp3) is 0.471. The summed E-state index contributed by atoms with van der Waals surface area (Å²) < 4.78 is 1.83. The van der Waals surface area contributed by atoms with Gasteiger partial charge in [0.2, 0.25) is 5.91 Å². The van der Waals surface area contributed by atoms with Crippen LogP contribution in [0.15, 0.2) is 32.9 Å². The zero-order chi connectivity index (χ0) is 16.9. The van der Waals surface area contributed by atoms with Crippen LogP contribution in [-0.4, -0.2) is 27.1 Å². The summed E-state index contributed by atoms with van der Waals surface area (Å²) in [5, 5.41) is 11.4. The lowest BCUT2D eigenvalue weighted by atomic mass is 9.88. The third-order valence-corrected chi connectivity index (χ3v) is 7.11. The van der Waals surface area contributed by atoms with Crippen molar-refractivity contribution in [3.8, 4) is 0 Å². The molecule has 1 aromatic heterocycles. The van der Waals surface area contributed by atoms with E-state index in [1.165, 1.54) is 22.9 Å². The lowest BCUT2D eigenvalue weighted by Gasteiger charge is -2.27. The summed E-state index contributed by atoms with van der Waals surface area (Å²) in [5.74, 6) is 1.05. The Morgan fingerprint density at radius 1 is 1.38 bits per heavy atom. The molecule has 24 heavy (non-hydrogen) atoms. The van der Waals surface area contributed by atoms with Crippen molar-refractivity contribution in [1.82, 2.24) is 15.5 Å². The van der Waals surface area contributed by atoms with Gasteiger partial charge in [-0.05, 0) is 43.1 Å². The smallest absolute Gasteiger partial charge is 0.233 e. The third kappa shape index (κ3) is 4.32. The van der Waals surface area contributed by atoms with E-state index in [1.54, 1.807) is 23.1 Å². The van der Waals surface area contributed by atoms with Gasteiger partial charge < -0.3 is 5.32 Å². The van der Waals surface area contributed by atoms with Crippen molar-refractivity contribution in [2.24, 2.45) is 0 Å². The summed E-state index contributed by atoms with van der Waals surface area (Å²) in [4.78, 5) is 12.6. The zero-order valence-electron chi connectivity index (χ0n) is 13.8. The molecule has 0 bridgehead atoms. The van der Waals surface area contributed by atoms with E-state index in [-0.39, 0.29) is 17.2 Å². The van der Waals surface area contributed by atoms with Crippen LogP contribution in [0.25, 0.3) is 0 Å². The maximum Gasteiger partial charge on any atom is 0.233 e. The molecule has 2 atom stereocenters. The van der Waals surface area contributed by atoms with E-state index in [1.807, 2.05) is 6.92 Å². The summed E-state index contributed by atoms with van der Waals surface area (Å²) in [7, 11) is 0. The van der Waals surface area contributed by atoms with E-state index >= 15 is 0 Å². The van der Waals surface area contributed by atoms with Crippen LogP contribution in [0.1, 0.15) is 43.9 Å². The first-order valence-corrected chi connectivity index (χ1v) is 10.9. The largest absolute Gasteiger partial charge is 0.348 e. The van der Waals surface area contributed by atoms with Gasteiger partial charge in [0.05, 0.1) is 11.3 Å². The van der Waals surface area contributed by atoms with Gasteiger partial charge in [0.25, 0.3) is 0 Å². The molecule has 2 aromatic rings. The Hall–Kier alpha value is -1.05. The van der Waals surface area contributed by atoms with Crippen LogP contribution in [0.4, 0.5) is 0 Å². The van der Waals surface area contributed by atoms with Gasteiger partial charge in [-0.25, -0.2) is 0 Å². The zero-order valence-corrected chi connectivity index (χ0v) is 16.3. The van der Waals surface area contributed by atoms with E-state index in [0.717, 1.165) is 33.7 Å². The Labute approximate surface area is 155 Å². The number of amides is 1. The van der Waals surface area contributed by atoms with Crippen molar-refractivity contribution in [2.75, 3.05) is 5.75 Å². The van der Waals surface area contributed by atoms with Crippen molar-refractivity contribution < 1.29 is 4.79 Å². The number of nitrogens with zero attached hydrogens (tertiary/aromatic N) is 2. The number of rotatable bonds is 6. The van der Waals surface area contributed by atoms with Crippen molar-refractivity contribution in [2.45, 2.75) is 53.1 Å². The van der Waals surface area contributed by atoms with E-state index in [2.05, 4.69) is 46.7 Å². The van der Waals surface area contributed by atoms with Crippen molar-refractivity contribution in [1.29, 1.82) is 0 Å². The monoisotopic (exact) mass is 379 g/mol. The van der Waals surface area contributed by atoms with Crippen molar-refractivity contribution >= 4 is 40.8 Å². The van der Waals surface area contributed by atoms with Crippen LogP contribution in [-0.2, 0) is 11.2 Å². The molecule has 7 heteroatoms. The molecule has 4 nitrogen and oxygen atoms in total. The minimum Gasteiger partial charge on any atom is -0.348 e. The fourth-order valence-corrected chi connectivity index (χ4v) is 5.89. The summed E-state index contributed by atoms with van der Waals surface area (Å²) in [5.41, 5.74) is 2.63. The molecule has 0 saturated heterocycles. The normalized spacial score (nSPS) is 18.0. The molecular formula is C17H21N3OS3. The number of nitrogens with one attached hydrogen (secondary N) is 1. The molecular weight excluding hydrogens is 358 g/mol. The Bertz CT molecular complexity index is 704. The number of carbonyl (C=O) groups excluding carboxylic acids is 1. The molecule has 1 heterocycles. The first-order valence-electron chi connectivity index (χ1n) is 8.18. The standard InChI is InChI=1S/C17H21N3OS3/c1-3-22-16-19-20-17(24-16)23-11(2)15(21)18-14-10-6-8-12-7-4-5-9-13(12)14/h4-5,7,9,11,14H,3,6,8,10H2,1-2H3,(H,18,21)/t11-,14+/m1/s1. The second-order valence-electron chi connectivity index (χ2n) is 5.68. The first kappa shape index (κ1) is 17.8. The molecule has 128 valence electrons. The topological polar surface area (TPSA) is 54.9 Å². The highest BCUT2D eigenvalue weighted by molar-refractivity contribution is 8.03. The van der Waals surface area contributed by atoms with Gasteiger partial charge >= 0.3 is 0 Å². The van der Waals surface area contributed by atoms with Gasteiger partial charge in [-0.1, -0.05) is 66.0 Å². The second-order valence-corrected chi connectivity index (χ2v) is 9.76. The predicted octanol–water partition coefficient (Wildman–Crippen LogP) is 4.32. The van der Waals surface area contributed by atoms with E-state index in [9.17, 15) is 4.79 Å². The molecule has 0 aliphatic heterocycles. The molecule has 1 aliphatic rings. The molecule has 1 aliphatic carbocycles. The van der Waals surface area contributed by atoms with Crippen molar-refractivity contribution in [3.63, 3.8) is 0 Å². The van der Waals surface area contributed by atoms with Crippen LogP contribution >= 0.6 is 34.9 Å². The van der Waals surface area contributed by atoms with E-state index < -0.39 is 0 Å². The van der Waals surface area contributed by atoms with Gasteiger partial charge in [-0.3, -0.25) is 4.79 Å². The number of thioether (sulfide) groups is 2. The molecule has 3 rings (SSSR count). The Balaban J connectivity index is 1.60. The molecule has 0 spiro atoms. The van der Waals surface area contributed by atoms with Gasteiger partial charge in [-0.15, -0.1) is 10.2 Å². The number of aromatic nitrogens is 2. The predicted molar refractivity (Wildman–Crippen MR) is 102 cm³/mol. The summed E-state index contributed by atoms with van der Waals surface area (Å²) in [6.45, 7) is 4.03. The van der Waals surface area contributed by atoms with Gasteiger partial charge in [0.1, 0.15) is 0 Å². The average Bonchev–Trinajstić information content (AvgIpc) is 3.02.